The van der Waals surface area contributed by atoms with E-state index in [4.69, 9.17) is 0 Å². The summed E-state index contributed by atoms with van der Waals surface area (Å²) in [4.78, 5) is 17.3. The van der Waals surface area contributed by atoms with Crippen molar-refractivity contribution in [2.45, 2.75) is 6.42 Å². The van der Waals surface area contributed by atoms with Gasteiger partial charge in [-0.25, -0.2) is 0 Å². The Bertz CT molecular complexity index is 607. The molecule has 0 aromatic carbocycles. The first-order chi connectivity index (χ1) is 10.2. The summed E-state index contributed by atoms with van der Waals surface area (Å²) < 4.78 is 1.13. The van der Waals surface area contributed by atoms with Crippen LogP contribution in [0.25, 0.3) is 0 Å². The Kier molecular flexibility index (Phi) is 4.06. The number of anilines is 1. The molecule has 3 rings (SSSR count). The van der Waals surface area contributed by atoms with E-state index in [2.05, 4.69) is 4.90 Å². The van der Waals surface area contributed by atoms with Gasteiger partial charge in [-0.05, 0) is 17.5 Å². The van der Waals surface area contributed by atoms with Crippen molar-refractivity contribution in [2.24, 2.45) is 0 Å². The molecule has 0 atom stereocenters. The number of thiophene rings is 1. The summed E-state index contributed by atoms with van der Waals surface area (Å²) in [5.74, 6) is 0.949. The first-order valence-electron chi connectivity index (χ1n) is 6.99. The Balaban J connectivity index is 1.58. The predicted molar refractivity (Wildman–Crippen MR) is 80.6 cm³/mol. The molecular formula is C15H18N3O2S+. The number of amides is 1. The van der Waals surface area contributed by atoms with Crippen molar-refractivity contribution in [2.75, 3.05) is 31.1 Å². The molecule has 0 saturated carbocycles. The third kappa shape index (κ3) is 3.16. The lowest BCUT2D eigenvalue weighted by molar-refractivity contribution is -0.894. The zero-order valence-electron chi connectivity index (χ0n) is 11.7. The van der Waals surface area contributed by atoms with Gasteiger partial charge in [-0.2, -0.15) is 0 Å². The van der Waals surface area contributed by atoms with Crippen LogP contribution in [0.15, 0.2) is 41.9 Å². The van der Waals surface area contributed by atoms with Gasteiger partial charge in [0.15, 0.2) is 0 Å². The van der Waals surface area contributed by atoms with Crippen molar-refractivity contribution in [1.82, 2.24) is 4.90 Å². The summed E-state index contributed by atoms with van der Waals surface area (Å²) in [5.41, 5.74) is 0. The van der Waals surface area contributed by atoms with Crippen LogP contribution in [-0.4, -0.2) is 42.2 Å². The fourth-order valence-corrected chi connectivity index (χ4v) is 3.23. The summed E-state index contributed by atoms with van der Waals surface area (Å²) in [7, 11) is 0. The molecule has 1 saturated heterocycles. The van der Waals surface area contributed by atoms with E-state index in [0.717, 1.165) is 28.5 Å². The SMILES string of the molecule is O=C(Cc1cccs1)N1CCN(c2cccc[n+]2O)CC1. The van der Waals surface area contributed by atoms with Gasteiger partial charge in [-0.3, -0.25) is 9.69 Å². The van der Waals surface area contributed by atoms with E-state index < -0.39 is 0 Å². The fourth-order valence-electron chi connectivity index (χ4n) is 2.53. The largest absolute Gasteiger partial charge is 0.350 e. The first kappa shape index (κ1) is 13.9. The van der Waals surface area contributed by atoms with Crippen molar-refractivity contribution in [3.05, 3.63) is 46.8 Å². The monoisotopic (exact) mass is 304 g/mol. The highest BCUT2D eigenvalue weighted by Crippen LogP contribution is 2.14. The second-order valence-corrected chi connectivity index (χ2v) is 6.06. The normalized spacial score (nSPS) is 15.2. The van der Waals surface area contributed by atoms with Crippen LogP contribution >= 0.6 is 11.3 Å². The number of pyridine rings is 1. The van der Waals surface area contributed by atoms with Crippen molar-refractivity contribution in [1.29, 1.82) is 0 Å². The molecule has 0 unspecified atom stereocenters. The fraction of sp³-hybridized carbons (Fsp3) is 0.333. The van der Waals surface area contributed by atoms with E-state index in [-0.39, 0.29) is 5.91 Å². The van der Waals surface area contributed by atoms with Gasteiger partial charge >= 0.3 is 5.82 Å². The topological polar surface area (TPSA) is 47.7 Å². The molecule has 2 aromatic rings. The van der Waals surface area contributed by atoms with Crippen LogP contribution in [0.5, 0.6) is 0 Å². The van der Waals surface area contributed by atoms with Gasteiger partial charge in [0.1, 0.15) is 19.3 Å². The minimum atomic E-state index is 0.182. The zero-order chi connectivity index (χ0) is 14.7. The molecule has 2 aromatic heterocycles. The third-order valence-electron chi connectivity index (χ3n) is 3.68. The van der Waals surface area contributed by atoms with E-state index in [1.54, 1.807) is 23.6 Å². The maximum atomic E-state index is 12.2. The van der Waals surface area contributed by atoms with E-state index in [9.17, 15) is 10.0 Å². The maximum absolute atomic E-state index is 12.2. The highest BCUT2D eigenvalue weighted by atomic mass is 32.1. The molecule has 110 valence electrons. The Morgan fingerprint density at radius 3 is 2.67 bits per heavy atom. The van der Waals surface area contributed by atoms with Gasteiger partial charge in [0.25, 0.3) is 0 Å². The lowest BCUT2D eigenvalue weighted by atomic mass is 10.2. The van der Waals surface area contributed by atoms with Gasteiger partial charge in [0, 0.05) is 10.9 Å². The predicted octanol–water partition coefficient (Wildman–Crippen LogP) is 1.16. The Hall–Kier alpha value is -2.08. The van der Waals surface area contributed by atoms with Crippen LogP contribution in [0, 0.1) is 0 Å². The van der Waals surface area contributed by atoms with Crippen LogP contribution in [0.1, 0.15) is 4.88 Å². The van der Waals surface area contributed by atoms with E-state index >= 15 is 0 Å². The number of piperazine rings is 1. The zero-order valence-corrected chi connectivity index (χ0v) is 12.5. The molecule has 3 heterocycles. The summed E-state index contributed by atoms with van der Waals surface area (Å²) in [6.45, 7) is 2.86. The molecule has 21 heavy (non-hydrogen) atoms. The van der Waals surface area contributed by atoms with Crippen molar-refractivity contribution in [3.63, 3.8) is 0 Å². The average Bonchev–Trinajstić information content (AvgIpc) is 3.01. The van der Waals surface area contributed by atoms with E-state index in [1.807, 2.05) is 34.5 Å². The molecule has 5 nitrogen and oxygen atoms in total. The van der Waals surface area contributed by atoms with Crippen LogP contribution < -0.4 is 9.63 Å². The lowest BCUT2D eigenvalue weighted by Gasteiger charge is -2.31. The summed E-state index contributed by atoms with van der Waals surface area (Å²) in [6, 6.07) is 9.53. The molecule has 0 radical (unpaired) electrons. The number of nitrogens with zero attached hydrogens (tertiary/aromatic N) is 3. The second-order valence-electron chi connectivity index (χ2n) is 5.03. The molecule has 6 heteroatoms. The number of rotatable bonds is 3. The Morgan fingerprint density at radius 1 is 1.19 bits per heavy atom. The van der Waals surface area contributed by atoms with E-state index in [0.29, 0.717) is 19.5 Å². The maximum Gasteiger partial charge on any atom is 0.316 e. The van der Waals surface area contributed by atoms with Crippen molar-refractivity contribution < 1.29 is 14.7 Å². The van der Waals surface area contributed by atoms with Crippen molar-refractivity contribution >= 4 is 23.1 Å². The standard InChI is InChI=1S/C15H18N3O2S/c19-15(12-13-4-3-11-21-13)17-9-7-16(8-10-17)14-5-1-2-6-18(14)20/h1-6,11,20H,7-10,12H2/q+1. The minimum Gasteiger partial charge on any atom is -0.350 e. The summed E-state index contributed by atoms with van der Waals surface area (Å²) in [6.07, 6.45) is 2.10. The smallest absolute Gasteiger partial charge is 0.316 e. The van der Waals surface area contributed by atoms with Gasteiger partial charge in [0.05, 0.1) is 19.5 Å². The van der Waals surface area contributed by atoms with Gasteiger partial charge in [0.2, 0.25) is 5.91 Å². The number of carbonyl (C=O) groups is 1. The van der Waals surface area contributed by atoms with Gasteiger partial charge in [-0.15, -0.1) is 11.3 Å². The van der Waals surface area contributed by atoms with Crippen LogP contribution in [0.4, 0.5) is 5.82 Å². The van der Waals surface area contributed by atoms with Crippen LogP contribution in [-0.2, 0) is 11.2 Å². The molecule has 0 spiro atoms. The number of carbonyl (C=O) groups excluding carboxylic acids is 1. The molecule has 0 bridgehead atoms. The van der Waals surface area contributed by atoms with Crippen molar-refractivity contribution in [3.8, 4) is 0 Å². The Morgan fingerprint density at radius 2 is 2.00 bits per heavy atom. The highest BCUT2D eigenvalue weighted by molar-refractivity contribution is 7.10. The quantitative estimate of drug-likeness (QED) is 0.684. The molecule has 0 aliphatic carbocycles. The number of aromatic nitrogens is 1. The highest BCUT2D eigenvalue weighted by Gasteiger charge is 2.27. The number of hydrogen-bond donors (Lipinski definition) is 1. The van der Waals surface area contributed by atoms with Gasteiger partial charge in [-0.1, -0.05) is 16.9 Å². The molecule has 1 aliphatic heterocycles. The van der Waals surface area contributed by atoms with Crippen LogP contribution in [0.3, 0.4) is 0 Å². The van der Waals surface area contributed by atoms with Crippen LogP contribution in [0.2, 0.25) is 0 Å². The summed E-state index contributed by atoms with van der Waals surface area (Å²) in [5, 5.41) is 11.8. The molecule has 1 aliphatic rings. The van der Waals surface area contributed by atoms with E-state index in [1.165, 1.54) is 0 Å². The molecule has 1 amide bonds. The molecule has 1 fully saturated rings. The molecule has 1 N–H and O–H groups in total. The average molecular weight is 304 g/mol. The lowest BCUT2D eigenvalue weighted by Crippen LogP contribution is -2.52. The molecular weight excluding hydrogens is 286 g/mol. The second kappa shape index (κ2) is 6.13. The third-order valence-corrected chi connectivity index (χ3v) is 4.56. The summed E-state index contributed by atoms with van der Waals surface area (Å²) >= 11 is 1.62. The number of hydrogen-bond acceptors (Lipinski definition) is 4. The minimum absolute atomic E-state index is 0.182. The Labute approximate surface area is 127 Å². The first-order valence-corrected chi connectivity index (χ1v) is 7.87. The van der Waals surface area contributed by atoms with Gasteiger partial charge < -0.3 is 10.1 Å².